The smallest absolute Gasteiger partial charge is 0.280 e. The van der Waals surface area contributed by atoms with Crippen molar-refractivity contribution in [3.8, 4) is 0 Å². The third kappa shape index (κ3) is 2.78. The second-order valence-corrected chi connectivity index (χ2v) is 5.26. The van der Waals surface area contributed by atoms with Gasteiger partial charge in [0.1, 0.15) is 11.3 Å². The van der Waals surface area contributed by atoms with Gasteiger partial charge in [0.25, 0.3) is 12.3 Å². The zero-order valence-corrected chi connectivity index (χ0v) is 12.1. The molecule has 8 heteroatoms. The van der Waals surface area contributed by atoms with Crippen LogP contribution in [0.4, 0.5) is 8.78 Å². The van der Waals surface area contributed by atoms with E-state index in [-0.39, 0.29) is 28.9 Å². The Labute approximate surface area is 125 Å². The number of carbonyl (C=O) groups is 1. The molecule has 0 bridgehead atoms. The summed E-state index contributed by atoms with van der Waals surface area (Å²) < 4.78 is 32.5. The first-order chi connectivity index (χ1) is 10.6. The van der Waals surface area contributed by atoms with Crippen LogP contribution in [-0.4, -0.2) is 39.8 Å². The van der Waals surface area contributed by atoms with Crippen LogP contribution in [0.15, 0.2) is 12.3 Å². The van der Waals surface area contributed by atoms with Gasteiger partial charge < -0.3 is 10.1 Å². The molecule has 1 aliphatic rings. The van der Waals surface area contributed by atoms with Crippen molar-refractivity contribution in [3.63, 3.8) is 0 Å². The number of amides is 1. The fraction of sp³-hybridized carbons (Fsp3) is 0.500. The summed E-state index contributed by atoms with van der Waals surface area (Å²) in [6.45, 7) is 2.70. The Balaban J connectivity index is 1.85. The van der Waals surface area contributed by atoms with Gasteiger partial charge in [-0.05, 0) is 25.8 Å². The van der Waals surface area contributed by atoms with Crippen LogP contribution in [0.3, 0.4) is 0 Å². The van der Waals surface area contributed by atoms with Crippen molar-refractivity contribution in [2.75, 3.05) is 13.2 Å². The second-order valence-electron chi connectivity index (χ2n) is 5.26. The predicted octanol–water partition coefficient (Wildman–Crippen LogP) is 1.88. The van der Waals surface area contributed by atoms with Gasteiger partial charge in [-0.2, -0.15) is 5.10 Å². The molecule has 6 nitrogen and oxygen atoms in total. The number of halogens is 2. The van der Waals surface area contributed by atoms with Gasteiger partial charge in [-0.25, -0.2) is 18.3 Å². The Hall–Kier alpha value is -2.09. The topological polar surface area (TPSA) is 68.5 Å². The van der Waals surface area contributed by atoms with Crippen LogP contribution in [0.2, 0.25) is 0 Å². The van der Waals surface area contributed by atoms with Crippen molar-refractivity contribution >= 4 is 11.6 Å². The Kier molecular flexibility index (Phi) is 4.02. The molecule has 1 fully saturated rings. The van der Waals surface area contributed by atoms with Crippen LogP contribution in [-0.2, 0) is 4.74 Å². The lowest BCUT2D eigenvalue weighted by molar-refractivity contribution is 0.0859. The standard InChI is InChI=1S/C14H16F2N4O2/c1-8-5-11(12(15)16)20-13(19-8)10(7-18-20)14(21)17-6-9-3-2-4-22-9/h5,7,9,12H,2-4,6H2,1H3,(H,17,21). The second kappa shape index (κ2) is 5.96. The van der Waals surface area contributed by atoms with Crippen LogP contribution < -0.4 is 5.32 Å². The number of hydrogen-bond donors (Lipinski definition) is 1. The number of carbonyl (C=O) groups excluding carboxylic acids is 1. The van der Waals surface area contributed by atoms with E-state index in [1.54, 1.807) is 6.92 Å². The molecule has 1 atom stereocenters. The van der Waals surface area contributed by atoms with Crippen molar-refractivity contribution < 1.29 is 18.3 Å². The molecule has 118 valence electrons. The average molecular weight is 310 g/mol. The number of fused-ring (bicyclic) bond motifs is 1. The van der Waals surface area contributed by atoms with Crippen LogP contribution in [0.5, 0.6) is 0 Å². The number of rotatable bonds is 4. The van der Waals surface area contributed by atoms with Crippen molar-refractivity contribution in [1.82, 2.24) is 19.9 Å². The van der Waals surface area contributed by atoms with E-state index in [4.69, 9.17) is 4.74 Å². The van der Waals surface area contributed by atoms with Crippen LogP contribution in [0.25, 0.3) is 5.65 Å². The lowest BCUT2D eigenvalue weighted by atomic mass is 10.2. The molecule has 2 aromatic rings. The maximum absolute atomic E-state index is 13.0. The fourth-order valence-electron chi connectivity index (χ4n) is 2.54. The molecule has 1 unspecified atom stereocenters. The van der Waals surface area contributed by atoms with Gasteiger partial charge in [0.05, 0.1) is 12.3 Å². The molecule has 22 heavy (non-hydrogen) atoms. The minimum atomic E-state index is -2.69. The van der Waals surface area contributed by atoms with Crippen LogP contribution >= 0.6 is 0 Å². The minimum Gasteiger partial charge on any atom is -0.376 e. The van der Waals surface area contributed by atoms with E-state index < -0.39 is 6.43 Å². The van der Waals surface area contributed by atoms with Crippen molar-refractivity contribution in [3.05, 3.63) is 29.2 Å². The number of hydrogen-bond acceptors (Lipinski definition) is 4. The molecule has 1 saturated heterocycles. The highest BCUT2D eigenvalue weighted by Crippen LogP contribution is 2.21. The van der Waals surface area contributed by atoms with Gasteiger partial charge in [-0.15, -0.1) is 0 Å². The highest BCUT2D eigenvalue weighted by atomic mass is 19.3. The fourth-order valence-corrected chi connectivity index (χ4v) is 2.54. The maximum atomic E-state index is 13.0. The lowest BCUT2D eigenvalue weighted by Crippen LogP contribution is -2.31. The molecular weight excluding hydrogens is 294 g/mol. The van der Waals surface area contributed by atoms with Crippen LogP contribution in [0.1, 0.15) is 41.0 Å². The minimum absolute atomic E-state index is 0.0112. The third-order valence-corrected chi connectivity index (χ3v) is 3.61. The molecule has 1 N–H and O–H groups in total. The van der Waals surface area contributed by atoms with Crippen molar-refractivity contribution in [1.29, 1.82) is 0 Å². The maximum Gasteiger partial charge on any atom is 0.280 e. The Morgan fingerprint density at radius 3 is 3.09 bits per heavy atom. The summed E-state index contributed by atoms with van der Waals surface area (Å²) in [6.07, 6.45) is 0.472. The predicted molar refractivity (Wildman–Crippen MR) is 74.0 cm³/mol. The Morgan fingerprint density at radius 2 is 2.41 bits per heavy atom. The first kappa shape index (κ1) is 14.8. The summed E-state index contributed by atoms with van der Waals surface area (Å²) in [7, 11) is 0. The molecule has 0 radical (unpaired) electrons. The highest BCUT2D eigenvalue weighted by Gasteiger charge is 2.21. The summed E-state index contributed by atoms with van der Waals surface area (Å²) in [4.78, 5) is 16.4. The van der Waals surface area contributed by atoms with Crippen molar-refractivity contribution in [2.45, 2.75) is 32.3 Å². The summed E-state index contributed by atoms with van der Waals surface area (Å²) >= 11 is 0. The number of aryl methyl sites for hydroxylation is 1. The monoisotopic (exact) mass is 310 g/mol. The molecule has 1 amide bonds. The van der Waals surface area contributed by atoms with E-state index in [0.29, 0.717) is 18.8 Å². The molecule has 0 aromatic carbocycles. The van der Waals surface area contributed by atoms with Gasteiger partial charge in [0, 0.05) is 18.8 Å². The quantitative estimate of drug-likeness (QED) is 0.936. The van der Waals surface area contributed by atoms with E-state index in [0.717, 1.165) is 17.4 Å². The van der Waals surface area contributed by atoms with E-state index >= 15 is 0 Å². The summed E-state index contributed by atoms with van der Waals surface area (Å²) in [5, 5.41) is 6.61. The first-order valence-corrected chi connectivity index (χ1v) is 7.09. The largest absolute Gasteiger partial charge is 0.376 e. The van der Waals surface area contributed by atoms with E-state index in [1.807, 2.05) is 0 Å². The lowest BCUT2D eigenvalue weighted by Gasteiger charge is -2.10. The molecule has 0 aliphatic carbocycles. The van der Waals surface area contributed by atoms with Gasteiger partial charge in [-0.1, -0.05) is 0 Å². The van der Waals surface area contributed by atoms with Gasteiger partial charge in [0.15, 0.2) is 5.65 Å². The van der Waals surface area contributed by atoms with E-state index in [1.165, 1.54) is 12.3 Å². The van der Waals surface area contributed by atoms with E-state index in [2.05, 4.69) is 15.4 Å². The number of nitrogens with zero attached hydrogens (tertiary/aromatic N) is 3. The summed E-state index contributed by atoms with van der Waals surface area (Å²) in [5.41, 5.74) is 0.459. The Bertz CT molecular complexity index is 695. The summed E-state index contributed by atoms with van der Waals surface area (Å²) in [6, 6.07) is 1.26. The molecule has 0 spiro atoms. The normalized spacial score (nSPS) is 18.3. The number of nitrogens with one attached hydrogen (secondary N) is 1. The van der Waals surface area contributed by atoms with E-state index in [9.17, 15) is 13.6 Å². The Morgan fingerprint density at radius 1 is 1.59 bits per heavy atom. The van der Waals surface area contributed by atoms with Gasteiger partial charge in [-0.3, -0.25) is 4.79 Å². The molecule has 2 aromatic heterocycles. The number of ether oxygens (including phenoxy) is 1. The average Bonchev–Trinajstić information content (AvgIpc) is 3.12. The highest BCUT2D eigenvalue weighted by molar-refractivity contribution is 5.99. The van der Waals surface area contributed by atoms with Gasteiger partial charge in [0.2, 0.25) is 0 Å². The van der Waals surface area contributed by atoms with Gasteiger partial charge >= 0.3 is 0 Å². The number of aromatic nitrogens is 3. The molecule has 1 aliphatic heterocycles. The third-order valence-electron chi connectivity index (χ3n) is 3.61. The molecule has 3 rings (SSSR count). The first-order valence-electron chi connectivity index (χ1n) is 7.09. The van der Waals surface area contributed by atoms with Crippen LogP contribution in [0, 0.1) is 6.92 Å². The zero-order valence-electron chi connectivity index (χ0n) is 12.1. The molecule has 3 heterocycles. The summed E-state index contributed by atoms with van der Waals surface area (Å²) in [5.74, 6) is -0.385. The molecule has 0 saturated carbocycles. The SMILES string of the molecule is Cc1cc(C(F)F)n2ncc(C(=O)NCC3CCCO3)c2n1. The van der Waals surface area contributed by atoms with Crippen molar-refractivity contribution in [2.24, 2.45) is 0 Å². The number of alkyl halides is 2. The zero-order chi connectivity index (χ0) is 15.7. The molecular formula is C14H16F2N4O2.